The average Bonchev–Trinajstić information content (AvgIpc) is 0.737. The molecule has 0 radical (unpaired) electrons. The molecule has 33 heteroatoms. The van der Waals surface area contributed by atoms with E-state index in [1.165, 1.54) is 0 Å². The van der Waals surface area contributed by atoms with Crippen LogP contribution in [-0.4, -0.2) is 252 Å². The summed E-state index contributed by atoms with van der Waals surface area (Å²) >= 11 is 1.64. The predicted octanol–water partition coefficient (Wildman–Crippen LogP) is 16.8. The van der Waals surface area contributed by atoms with Crippen LogP contribution in [0.25, 0.3) is 0 Å². The van der Waals surface area contributed by atoms with Crippen LogP contribution in [-0.2, 0) is 128 Å². The lowest BCUT2D eigenvalue weighted by Crippen LogP contribution is -2.70. The summed E-state index contributed by atoms with van der Waals surface area (Å²) in [6.07, 6.45) is -33.5. The molecule has 40 atom stereocenters. The first-order chi connectivity index (χ1) is 72.7. The van der Waals surface area contributed by atoms with Gasteiger partial charge in [-0.2, -0.15) is 0 Å². The van der Waals surface area contributed by atoms with Crippen molar-refractivity contribution in [1.82, 2.24) is 0 Å². The molecular weight excluding hydrogens is 1940 g/mol. The molecule has 794 valence electrons. The van der Waals surface area contributed by atoms with Crippen LogP contribution in [0.4, 0.5) is 0 Å². The largest absolute Gasteiger partial charge is 0.455 e. The zero-order chi connectivity index (χ0) is 103. The van der Waals surface area contributed by atoms with Crippen molar-refractivity contribution in [2.45, 2.75) is 285 Å². The van der Waals surface area contributed by atoms with Crippen LogP contribution in [0, 0.1) is 35.5 Å². The summed E-state index contributed by atoms with van der Waals surface area (Å²) in [5, 5.41) is 13.0. The van der Waals surface area contributed by atoms with Crippen LogP contribution in [0.2, 0.25) is 0 Å². The minimum atomic E-state index is -1.60. The fraction of sp³-hybridized carbons (Fsp3) is 0.500. The quantitative estimate of drug-likeness (QED) is 0.0351. The SMILES string of the molecule is CCOC1OC2COC(c3ccccc3)O[C@H]2[C@H](O[C@@H]2OC(C)[C@H](C)C(O[C@@H]3OC4COC(c5ccccc5)O[C@H]4[C@H](O[C@@H]4OC5COC(c6ccccc6)O[C@H]5[C@H](OC5OC6COC(c7ccccc7)O[C@H]6[C@H](O)[C@@H]5OC(=O)c5ccccc5)C4OC4OC(CC)[C@@H](C)[C@H](C)[C@H]4C)C3C)[C@@H]2OC(=O)c2ccccc2)[C@@H]1OC(=O)c1ccccc1.CCSC1OC2COC(c3ccccc3)O[C@H]2[C@H](C)[C@@H]1OC(=O)c1ccccc1. The second kappa shape index (κ2) is 49.1. The molecule has 0 saturated carbocycles. The molecule has 0 aromatic heterocycles. The number of hydrogen-bond donors (Lipinski definition) is 1. The Hall–Kier alpha value is -9.75. The van der Waals surface area contributed by atoms with E-state index in [4.69, 9.17) is 128 Å². The highest BCUT2D eigenvalue weighted by molar-refractivity contribution is 7.99. The Morgan fingerprint density at radius 1 is 0.275 bits per heavy atom. The lowest BCUT2D eigenvalue weighted by molar-refractivity contribution is -0.433. The average molecular weight is 2070 g/mol. The normalized spacial score (nSPS) is 37.8. The predicted molar refractivity (Wildman–Crippen MR) is 534 cm³/mol. The summed E-state index contributed by atoms with van der Waals surface area (Å²) in [7, 11) is 0. The standard InChI is InChI=1S/C93H106O27.C23H26O5S/c1-9-63-51(4)50(3)52(5)84(104-63)120-80-77(118-91-75(109-81(95)56-32-18-11-19-33-56)68(94)71-64(107-91)46-99-86(114-71)59-38-24-14-25-39-59)74-67(49-102-89(117-74)62-44-30-17-31-45-62)108-93(80)113-70-54(7)85(105-65-47-100-87(115-72(65)70)60-40-26-15-27-41-60)112-69-53(6)55(8)103-92(78(69)110-82(96)57-34-20-12-21-35-57)119-76-73-66(48-101-88(116-73)61-42-28-16-29-43-61)106-90(98-10-2)79(76)111-83(97)58-36-22-13-23-37-58;1-3-29-23-20(27-21(24)16-10-6-4-7-11-16)15(2)19-18(26-23)14-25-22(28-19)17-12-8-5-9-13-17/h11-45,50-55,63-80,84-94H,9-10,46-49H2,1-8H3;4-13,15,18-20,22-23H,3,14H2,1-2H3/t50-,51-,52+,53-,54?,55?,63?,64?,65?,66?,67?,68-,69?,70+,71+,72+,73+,74+,75-,76-,77-,78-,79-,80?,84?,85-,86?,87?,88?,89?,90?,91?,92-,93-;15-,18?,19-,20-,22?,23?/m00/s1. The van der Waals surface area contributed by atoms with E-state index in [2.05, 4.69) is 41.5 Å². The molecule has 0 amide bonds. The molecule has 1 N–H and O–H groups in total. The third kappa shape index (κ3) is 24.0. The van der Waals surface area contributed by atoms with Gasteiger partial charge in [0, 0.05) is 58.1 Å². The molecular formula is C116H132O32S. The van der Waals surface area contributed by atoms with Crippen molar-refractivity contribution in [2.24, 2.45) is 35.5 Å². The number of ether oxygens (including phenoxy) is 27. The molecule has 21 rings (SSSR count). The first kappa shape index (κ1) is 106. The van der Waals surface area contributed by atoms with Crippen LogP contribution in [0.3, 0.4) is 0 Å². The van der Waals surface area contributed by atoms with Gasteiger partial charge in [-0.1, -0.05) is 280 Å². The Labute approximate surface area is 871 Å². The number of thioether (sulfide) groups is 1. The molecule has 12 aliphatic heterocycles. The Balaban J connectivity index is 0.000000397. The van der Waals surface area contributed by atoms with Gasteiger partial charge in [0.15, 0.2) is 87.5 Å². The van der Waals surface area contributed by atoms with Crippen LogP contribution in [0.15, 0.2) is 273 Å². The minimum Gasteiger partial charge on any atom is -0.455 e. The zero-order valence-corrected chi connectivity index (χ0v) is 85.6. The third-order valence-corrected chi connectivity index (χ3v) is 31.3. The smallest absolute Gasteiger partial charge is 0.338 e. The van der Waals surface area contributed by atoms with Crippen molar-refractivity contribution < 1.29 is 152 Å². The molecule has 12 heterocycles. The van der Waals surface area contributed by atoms with Gasteiger partial charge in [-0.05, 0) is 86.4 Å². The molecule has 12 aliphatic rings. The lowest BCUT2D eigenvalue weighted by Gasteiger charge is -2.55. The molecule has 9 aromatic rings. The highest BCUT2D eigenvalue weighted by Crippen LogP contribution is 2.51. The van der Waals surface area contributed by atoms with Gasteiger partial charge in [0.25, 0.3) is 0 Å². The molecule has 32 nitrogen and oxygen atoms in total. The molecule has 0 bridgehead atoms. The van der Waals surface area contributed by atoms with Crippen LogP contribution < -0.4 is 0 Å². The van der Waals surface area contributed by atoms with Crippen LogP contribution in [0.1, 0.15) is 176 Å². The Kier molecular flexibility index (Phi) is 35.0. The maximum absolute atomic E-state index is 15.1. The lowest BCUT2D eigenvalue weighted by atomic mass is 9.78. The summed E-state index contributed by atoms with van der Waals surface area (Å²) in [6, 6.07) is 82.1. The second-order valence-corrected chi connectivity index (χ2v) is 41.1. The van der Waals surface area contributed by atoms with Crippen molar-refractivity contribution in [2.75, 3.05) is 45.4 Å². The van der Waals surface area contributed by atoms with E-state index < -0.39 is 215 Å². The summed E-state index contributed by atoms with van der Waals surface area (Å²) < 4.78 is 185. The molecule has 12 saturated heterocycles. The fourth-order valence-electron chi connectivity index (χ4n) is 21.6. The van der Waals surface area contributed by atoms with Gasteiger partial charge >= 0.3 is 23.9 Å². The van der Waals surface area contributed by atoms with Crippen LogP contribution >= 0.6 is 11.8 Å². The van der Waals surface area contributed by atoms with E-state index in [0.717, 1.165) is 16.9 Å². The molecule has 0 spiro atoms. The fourth-order valence-corrected chi connectivity index (χ4v) is 22.7. The van der Waals surface area contributed by atoms with E-state index in [1.54, 1.807) is 122 Å². The van der Waals surface area contributed by atoms with Crippen molar-refractivity contribution in [3.05, 3.63) is 323 Å². The van der Waals surface area contributed by atoms with Crippen LogP contribution in [0.5, 0.6) is 0 Å². The third-order valence-electron chi connectivity index (χ3n) is 30.3. The van der Waals surface area contributed by atoms with Crippen molar-refractivity contribution in [1.29, 1.82) is 0 Å². The van der Waals surface area contributed by atoms with Gasteiger partial charge in [-0.25, -0.2) is 19.2 Å². The van der Waals surface area contributed by atoms with Gasteiger partial charge in [0.05, 0.1) is 79.7 Å². The first-order valence-electron chi connectivity index (χ1n) is 52.1. The number of fused-ring (bicyclic) bond motifs is 5. The topological polar surface area (TPSA) is 338 Å². The monoisotopic (exact) mass is 2070 g/mol. The van der Waals surface area contributed by atoms with E-state index in [1.807, 2.05) is 191 Å². The second-order valence-electron chi connectivity index (χ2n) is 39.8. The number of carbonyl (C=O) groups is 4. The molecule has 12 fully saturated rings. The number of hydrogen-bond acceptors (Lipinski definition) is 33. The molecule has 9 aromatic carbocycles. The summed E-state index contributed by atoms with van der Waals surface area (Å²) in [5.74, 6) is -3.26. The maximum atomic E-state index is 15.1. The van der Waals surface area contributed by atoms with Gasteiger partial charge in [-0.15, -0.1) is 11.8 Å². The van der Waals surface area contributed by atoms with E-state index >= 15 is 4.79 Å². The summed E-state index contributed by atoms with van der Waals surface area (Å²) in [4.78, 5) is 57.0. The van der Waals surface area contributed by atoms with E-state index in [9.17, 15) is 19.5 Å². The van der Waals surface area contributed by atoms with Gasteiger partial charge in [-0.3, -0.25) is 0 Å². The number of rotatable bonds is 28. The highest BCUT2D eigenvalue weighted by atomic mass is 32.2. The van der Waals surface area contributed by atoms with Crippen molar-refractivity contribution in [3.8, 4) is 0 Å². The van der Waals surface area contributed by atoms with E-state index in [-0.39, 0.29) is 103 Å². The van der Waals surface area contributed by atoms with Gasteiger partial charge in [0.1, 0.15) is 97.0 Å². The van der Waals surface area contributed by atoms with Gasteiger partial charge < -0.3 is 133 Å². The maximum Gasteiger partial charge on any atom is 0.338 e. The molecule has 0 aliphatic carbocycles. The Morgan fingerprint density at radius 3 is 0.993 bits per heavy atom. The number of benzene rings is 9. The molecule has 19 unspecified atom stereocenters. The first-order valence-corrected chi connectivity index (χ1v) is 53.2. The number of esters is 4. The minimum absolute atomic E-state index is 0.00969. The highest BCUT2D eigenvalue weighted by Gasteiger charge is 2.64. The number of aliphatic hydroxyl groups excluding tert-OH is 1. The van der Waals surface area contributed by atoms with Gasteiger partial charge in [0.2, 0.25) is 0 Å². The summed E-state index contributed by atoms with van der Waals surface area (Å²) in [5.41, 5.74) is 4.76. The number of aliphatic hydroxyl groups is 1. The van der Waals surface area contributed by atoms with E-state index in [0.29, 0.717) is 35.3 Å². The van der Waals surface area contributed by atoms with Crippen molar-refractivity contribution in [3.63, 3.8) is 0 Å². The number of carbonyl (C=O) groups excluding carboxylic acids is 4. The zero-order valence-electron chi connectivity index (χ0n) is 84.7. The Morgan fingerprint density at radius 2 is 0.584 bits per heavy atom. The Bertz CT molecular complexity index is 5740. The summed E-state index contributed by atoms with van der Waals surface area (Å²) in [6.45, 7) is 20.6. The van der Waals surface area contributed by atoms with Crippen molar-refractivity contribution >= 4 is 35.6 Å². The molecule has 149 heavy (non-hydrogen) atoms.